The van der Waals surface area contributed by atoms with Gasteiger partial charge in [0.1, 0.15) is 5.25 Å². The summed E-state index contributed by atoms with van der Waals surface area (Å²) in [5.74, 6) is -0.436. The van der Waals surface area contributed by atoms with Crippen LogP contribution < -0.4 is 0 Å². The van der Waals surface area contributed by atoms with Crippen LogP contribution in [0, 0.1) is 5.92 Å². The summed E-state index contributed by atoms with van der Waals surface area (Å²) in [4.78, 5) is 10.3. The van der Waals surface area contributed by atoms with Crippen LogP contribution >= 0.6 is 12.6 Å². The summed E-state index contributed by atoms with van der Waals surface area (Å²) in [6.07, 6.45) is 3.26. The van der Waals surface area contributed by atoms with Crippen molar-refractivity contribution in [3.63, 3.8) is 0 Å². The van der Waals surface area contributed by atoms with Crippen LogP contribution in [0.2, 0.25) is 0 Å². The molecule has 0 aromatic rings. The average Bonchev–Trinajstić information content (AvgIpc) is 1.60. The van der Waals surface area contributed by atoms with Gasteiger partial charge in [-0.2, -0.15) is 12.6 Å². The predicted octanol–water partition coefficient (Wildman–Crippen LogP) is 1.17. The molecule has 3 heteroatoms. The van der Waals surface area contributed by atoms with Crippen LogP contribution in [0.25, 0.3) is 0 Å². The fraction of sp³-hybridized carbons (Fsp3) is 0.833. The van der Waals surface area contributed by atoms with E-state index in [1.54, 1.807) is 0 Å². The van der Waals surface area contributed by atoms with E-state index < -0.39 is 11.2 Å². The van der Waals surface area contributed by atoms with Gasteiger partial charge in [0.25, 0.3) is 0 Å². The van der Waals surface area contributed by atoms with Crippen LogP contribution in [0.1, 0.15) is 19.3 Å². The van der Waals surface area contributed by atoms with Crippen LogP contribution in [0.5, 0.6) is 0 Å². The highest BCUT2D eigenvalue weighted by molar-refractivity contribution is 7.81. The van der Waals surface area contributed by atoms with Gasteiger partial charge >= 0.3 is 5.97 Å². The topological polar surface area (TPSA) is 37.3 Å². The molecule has 1 N–H and O–H groups in total. The Morgan fingerprint density at radius 3 is 2.33 bits per heavy atom. The van der Waals surface area contributed by atoms with E-state index >= 15 is 0 Å². The lowest BCUT2D eigenvalue weighted by atomic mass is 9.83. The van der Waals surface area contributed by atoms with Crippen molar-refractivity contribution in [2.45, 2.75) is 24.5 Å². The molecule has 52 valence electrons. The zero-order valence-corrected chi connectivity index (χ0v) is 5.97. The molecule has 0 aliphatic heterocycles. The second-order valence-electron chi connectivity index (χ2n) is 2.47. The van der Waals surface area contributed by atoms with Crippen molar-refractivity contribution >= 4 is 18.6 Å². The van der Waals surface area contributed by atoms with Gasteiger partial charge in [-0.3, -0.25) is 4.79 Å². The third kappa shape index (κ3) is 1.39. The Morgan fingerprint density at radius 2 is 2.22 bits per heavy atom. The van der Waals surface area contributed by atoms with Gasteiger partial charge < -0.3 is 5.11 Å². The molecule has 1 unspecified atom stereocenters. The molecule has 0 spiro atoms. The summed E-state index contributed by atoms with van der Waals surface area (Å²) in [6.45, 7) is 0. The van der Waals surface area contributed by atoms with E-state index in [9.17, 15) is 4.79 Å². The van der Waals surface area contributed by atoms with E-state index in [1.807, 2.05) is 0 Å². The van der Waals surface area contributed by atoms with Gasteiger partial charge in [0.2, 0.25) is 0 Å². The number of carboxylic acids is 1. The maximum Gasteiger partial charge on any atom is 0.316 e. The number of aliphatic carboxylic acids is 1. The van der Waals surface area contributed by atoms with Gasteiger partial charge in [0.15, 0.2) is 0 Å². The molecular formula is C6H10O2S. The zero-order chi connectivity index (χ0) is 6.85. The van der Waals surface area contributed by atoms with Gasteiger partial charge in [0, 0.05) is 0 Å². The predicted molar refractivity (Wildman–Crippen MR) is 37.8 cm³/mol. The lowest BCUT2D eigenvalue weighted by Crippen LogP contribution is -2.29. The minimum absolute atomic E-state index is 0.339. The SMILES string of the molecule is O=C(O)C(S)C1CCC1. The molecule has 1 aliphatic carbocycles. The Morgan fingerprint density at radius 1 is 1.67 bits per heavy atom. The summed E-state index contributed by atoms with van der Waals surface area (Å²) in [7, 11) is 0. The number of carbonyl (C=O) groups is 1. The second-order valence-corrected chi connectivity index (χ2v) is 3.03. The molecule has 0 aromatic heterocycles. The Hall–Kier alpha value is -0.180. The quantitative estimate of drug-likeness (QED) is 0.574. The molecule has 0 aromatic carbocycles. The average molecular weight is 146 g/mol. The summed E-state index contributed by atoms with van der Waals surface area (Å²) in [5, 5.41) is 8.02. The number of rotatable bonds is 2. The number of thiol groups is 1. The molecule has 1 aliphatic rings. The second kappa shape index (κ2) is 2.60. The van der Waals surface area contributed by atoms with Gasteiger partial charge in [-0.1, -0.05) is 6.42 Å². The van der Waals surface area contributed by atoms with Crippen molar-refractivity contribution in [1.29, 1.82) is 0 Å². The number of hydrogen-bond donors (Lipinski definition) is 2. The molecule has 0 saturated heterocycles. The van der Waals surface area contributed by atoms with E-state index in [1.165, 1.54) is 6.42 Å². The maximum absolute atomic E-state index is 10.3. The first-order valence-electron chi connectivity index (χ1n) is 3.12. The van der Waals surface area contributed by atoms with E-state index in [0.29, 0.717) is 5.92 Å². The highest BCUT2D eigenvalue weighted by atomic mass is 32.1. The highest BCUT2D eigenvalue weighted by Crippen LogP contribution is 2.32. The third-order valence-corrected chi connectivity index (χ3v) is 2.49. The first-order valence-corrected chi connectivity index (χ1v) is 3.64. The standard InChI is InChI=1S/C6H10O2S/c7-6(8)5(9)4-2-1-3-4/h4-5,9H,1-3H2,(H,7,8). The normalized spacial score (nSPS) is 22.8. The summed E-state index contributed by atoms with van der Waals surface area (Å²) in [5.41, 5.74) is 0. The fourth-order valence-corrected chi connectivity index (χ4v) is 1.26. The van der Waals surface area contributed by atoms with Crippen LogP contribution in [-0.2, 0) is 4.79 Å². The van der Waals surface area contributed by atoms with Crippen molar-refractivity contribution in [2.24, 2.45) is 5.92 Å². The molecule has 9 heavy (non-hydrogen) atoms. The number of carboxylic acid groups (broad SMARTS) is 1. The van der Waals surface area contributed by atoms with E-state index in [4.69, 9.17) is 5.11 Å². The Labute approximate surface area is 59.7 Å². The molecule has 1 fully saturated rings. The maximum atomic E-state index is 10.3. The van der Waals surface area contributed by atoms with E-state index in [0.717, 1.165) is 12.8 Å². The van der Waals surface area contributed by atoms with Crippen molar-refractivity contribution < 1.29 is 9.90 Å². The number of hydrogen-bond acceptors (Lipinski definition) is 2. The molecule has 0 heterocycles. The summed E-state index contributed by atoms with van der Waals surface area (Å²) >= 11 is 3.95. The molecule has 1 rings (SSSR count). The van der Waals surface area contributed by atoms with Crippen molar-refractivity contribution in [2.75, 3.05) is 0 Å². The van der Waals surface area contributed by atoms with Gasteiger partial charge in [-0.05, 0) is 18.8 Å². The van der Waals surface area contributed by atoms with Gasteiger partial charge in [-0.25, -0.2) is 0 Å². The Bertz CT molecular complexity index is 120. The summed E-state index contributed by atoms with van der Waals surface area (Å²) in [6, 6.07) is 0. The van der Waals surface area contributed by atoms with Crippen LogP contribution in [0.3, 0.4) is 0 Å². The first kappa shape index (κ1) is 6.93. The van der Waals surface area contributed by atoms with Crippen LogP contribution in [0.4, 0.5) is 0 Å². The molecule has 2 nitrogen and oxygen atoms in total. The Balaban J connectivity index is 2.32. The third-order valence-electron chi connectivity index (χ3n) is 1.85. The Kier molecular flexibility index (Phi) is 2.01. The van der Waals surface area contributed by atoms with Crippen LogP contribution in [-0.4, -0.2) is 16.3 Å². The molecule has 1 atom stereocenters. The van der Waals surface area contributed by atoms with Crippen LogP contribution in [0.15, 0.2) is 0 Å². The minimum Gasteiger partial charge on any atom is -0.480 e. The van der Waals surface area contributed by atoms with Crippen molar-refractivity contribution in [3.8, 4) is 0 Å². The van der Waals surface area contributed by atoms with Crippen molar-refractivity contribution in [3.05, 3.63) is 0 Å². The molecule has 0 radical (unpaired) electrons. The minimum atomic E-state index is -0.775. The fourth-order valence-electron chi connectivity index (χ4n) is 0.957. The highest BCUT2D eigenvalue weighted by Gasteiger charge is 2.29. The molecular weight excluding hydrogens is 136 g/mol. The van der Waals surface area contributed by atoms with Crippen molar-refractivity contribution in [1.82, 2.24) is 0 Å². The molecule has 1 saturated carbocycles. The van der Waals surface area contributed by atoms with Gasteiger partial charge in [-0.15, -0.1) is 0 Å². The molecule has 0 bridgehead atoms. The first-order chi connectivity index (χ1) is 4.22. The zero-order valence-electron chi connectivity index (χ0n) is 5.08. The summed E-state index contributed by atoms with van der Waals surface area (Å²) < 4.78 is 0. The largest absolute Gasteiger partial charge is 0.480 e. The van der Waals surface area contributed by atoms with E-state index in [-0.39, 0.29) is 0 Å². The molecule has 0 amide bonds. The smallest absolute Gasteiger partial charge is 0.316 e. The lowest BCUT2D eigenvalue weighted by molar-refractivity contribution is -0.137. The lowest BCUT2D eigenvalue weighted by Gasteiger charge is -2.27. The van der Waals surface area contributed by atoms with E-state index in [2.05, 4.69) is 12.6 Å². The monoisotopic (exact) mass is 146 g/mol. The van der Waals surface area contributed by atoms with Gasteiger partial charge in [0.05, 0.1) is 0 Å².